The van der Waals surface area contributed by atoms with Gasteiger partial charge in [0, 0.05) is 22.6 Å². The molecule has 49 heavy (non-hydrogen) atoms. The third-order valence-corrected chi connectivity index (χ3v) is 9.89. The number of rotatable bonds is 5. The Morgan fingerprint density at radius 2 is 1.06 bits per heavy atom. The first-order chi connectivity index (χ1) is 24.3. The second kappa shape index (κ2) is 12.0. The van der Waals surface area contributed by atoms with Crippen LogP contribution in [-0.2, 0) is 0 Å². The van der Waals surface area contributed by atoms with Crippen LogP contribution in [0.15, 0.2) is 181 Å². The zero-order valence-corrected chi connectivity index (χ0v) is 27.0. The van der Waals surface area contributed by atoms with Gasteiger partial charge in [-0.1, -0.05) is 140 Å². The van der Waals surface area contributed by atoms with Crippen molar-refractivity contribution in [1.82, 2.24) is 0 Å². The summed E-state index contributed by atoms with van der Waals surface area (Å²) in [6.45, 7) is 0. The van der Waals surface area contributed by atoms with Crippen LogP contribution < -0.4 is 4.90 Å². The molecule has 0 unspecified atom stereocenters. The molecule has 1 aliphatic carbocycles. The Kier molecular flexibility index (Phi) is 7.03. The molecule has 2 heteroatoms. The van der Waals surface area contributed by atoms with Gasteiger partial charge in [-0.25, -0.2) is 0 Å². The predicted octanol–water partition coefficient (Wildman–Crippen LogP) is 12.9. The highest BCUT2D eigenvalue weighted by Crippen LogP contribution is 2.46. The highest BCUT2D eigenvalue weighted by atomic mass is 15.1. The van der Waals surface area contributed by atoms with Crippen molar-refractivity contribution in [3.8, 4) is 28.3 Å². The van der Waals surface area contributed by atoms with Gasteiger partial charge < -0.3 is 4.90 Å². The molecule has 0 heterocycles. The number of fused-ring (bicyclic) bond motifs is 4. The van der Waals surface area contributed by atoms with Crippen LogP contribution in [0.2, 0.25) is 0 Å². The Morgan fingerprint density at radius 1 is 0.490 bits per heavy atom. The summed E-state index contributed by atoms with van der Waals surface area (Å²) < 4.78 is 0. The first kappa shape index (κ1) is 28.8. The number of allylic oxidation sites excluding steroid dienone is 3. The molecule has 8 aromatic rings. The van der Waals surface area contributed by atoms with E-state index < -0.39 is 0 Å². The summed E-state index contributed by atoms with van der Waals surface area (Å²) in [5.74, 6) is 0. The Bertz CT molecular complexity index is 2610. The van der Waals surface area contributed by atoms with Crippen molar-refractivity contribution in [1.29, 1.82) is 5.26 Å². The monoisotopic (exact) mass is 624 g/mol. The molecule has 1 aliphatic rings. The van der Waals surface area contributed by atoms with Crippen LogP contribution in [0.4, 0.5) is 11.4 Å². The van der Waals surface area contributed by atoms with Crippen LogP contribution in [0.25, 0.3) is 65.3 Å². The van der Waals surface area contributed by atoms with Crippen molar-refractivity contribution in [2.24, 2.45) is 0 Å². The Balaban J connectivity index is 1.23. The molecule has 230 valence electrons. The van der Waals surface area contributed by atoms with Gasteiger partial charge in [0.2, 0.25) is 0 Å². The van der Waals surface area contributed by atoms with E-state index in [1.54, 1.807) is 0 Å². The number of hydrogen-bond donors (Lipinski definition) is 0. The minimum atomic E-state index is 0.777. The molecule has 2 nitrogen and oxygen atoms in total. The average molecular weight is 625 g/mol. The van der Waals surface area contributed by atoms with Crippen LogP contribution in [0.5, 0.6) is 0 Å². The van der Waals surface area contributed by atoms with Crippen molar-refractivity contribution in [2.75, 3.05) is 4.90 Å². The maximum Gasteiger partial charge on any atom is 0.0947 e. The van der Waals surface area contributed by atoms with Crippen LogP contribution >= 0.6 is 0 Å². The van der Waals surface area contributed by atoms with E-state index in [0.717, 1.165) is 35.5 Å². The molecule has 0 fully saturated rings. The molecule has 0 N–H and O–H groups in total. The second-order valence-electron chi connectivity index (χ2n) is 12.7. The zero-order chi connectivity index (χ0) is 32.7. The van der Waals surface area contributed by atoms with E-state index in [-0.39, 0.29) is 0 Å². The summed E-state index contributed by atoms with van der Waals surface area (Å²) in [5.41, 5.74) is 8.90. The standard InChI is InChI=1S/C47H32N2/c48-31-32-11-9-16-38(29-32)49(39-28-23-33-12-1-2-14-36(33)30-39)37-26-24-35(25-27-37)46-42-18-5-7-20-44(42)47(45-21-8-6-19-43(45)46)41-22-10-15-34-13-3-4-17-40(34)41/h1-8,10,12-30H,9,11H2. The molecule has 0 bridgehead atoms. The van der Waals surface area contributed by atoms with Crippen molar-refractivity contribution in [3.63, 3.8) is 0 Å². The normalized spacial score (nSPS) is 13.0. The molecule has 0 aliphatic heterocycles. The topological polar surface area (TPSA) is 27.0 Å². The lowest BCUT2D eigenvalue weighted by Gasteiger charge is -2.28. The van der Waals surface area contributed by atoms with Gasteiger partial charge in [0.15, 0.2) is 0 Å². The van der Waals surface area contributed by atoms with Gasteiger partial charge in [-0.05, 0) is 109 Å². The van der Waals surface area contributed by atoms with Gasteiger partial charge in [0.25, 0.3) is 0 Å². The Morgan fingerprint density at radius 3 is 1.76 bits per heavy atom. The van der Waals surface area contributed by atoms with Crippen LogP contribution in [-0.4, -0.2) is 0 Å². The van der Waals surface area contributed by atoms with Crippen molar-refractivity contribution in [3.05, 3.63) is 181 Å². The highest BCUT2D eigenvalue weighted by molar-refractivity contribution is 6.23. The number of nitrogens with zero attached hydrogens (tertiary/aromatic N) is 2. The molecule has 9 rings (SSSR count). The first-order valence-corrected chi connectivity index (χ1v) is 16.9. The minimum Gasteiger partial charge on any atom is -0.311 e. The van der Waals surface area contributed by atoms with E-state index >= 15 is 0 Å². The molecule has 0 saturated heterocycles. The van der Waals surface area contributed by atoms with Crippen molar-refractivity contribution < 1.29 is 0 Å². The average Bonchev–Trinajstić information content (AvgIpc) is 3.17. The van der Waals surface area contributed by atoms with Crippen molar-refractivity contribution in [2.45, 2.75) is 12.8 Å². The third kappa shape index (κ3) is 4.96. The van der Waals surface area contributed by atoms with Gasteiger partial charge in [-0.15, -0.1) is 0 Å². The van der Waals surface area contributed by atoms with Gasteiger partial charge in [0.05, 0.1) is 6.07 Å². The quantitative estimate of drug-likeness (QED) is 0.178. The van der Waals surface area contributed by atoms with Gasteiger partial charge in [-0.2, -0.15) is 5.26 Å². The van der Waals surface area contributed by atoms with Crippen LogP contribution in [0.1, 0.15) is 12.8 Å². The minimum absolute atomic E-state index is 0.777. The summed E-state index contributed by atoms with van der Waals surface area (Å²) >= 11 is 0. The zero-order valence-electron chi connectivity index (χ0n) is 27.0. The number of hydrogen-bond acceptors (Lipinski definition) is 2. The number of anilines is 2. The smallest absolute Gasteiger partial charge is 0.0947 e. The lowest BCUT2D eigenvalue weighted by atomic mass is 9.85. The van der Waals surface area contributed by atoms with E-state index in [2.05, 4.69) is 175 Å². The summed E-state index contributed by atoms with van der Waals surface area (Å²) in [6.07, 6.45) is 5.91. The van der Waals surface area contributed by atoms with Gasteiger partial charge in [0.1, 0.15) is 0 Å². The molecular formula is C47H32N2. The van der Waals surface area contributed by atoms with E-state index in [1.165, 1.54) is 65.3 Å². The molecule has 0 aromatic heterocycles. The fraction of sp³-hybridized carbons (Fsp3) is 0.0426. The van der Waals surface area contributed by atoms with Crippen molar-refractivity contribution >= 4 is 54.5 Å². The van der Waals surface area contributed by atoms with E-state index in [9.17, 15) is 5.26 Å². The lowest BCUT2D eigenvalue weighted by molar-refractivity contribution is 0.961. The number of nitriles is 1. The molecule has 0 saturated carbocycles. The molecular weight excluding hydrogens is 593 g/mol. The fourth-order valence-electron chi connectivity index (χ4n) is 7.64. The maximum atomic E-state index is 9.79. The maximum absolute atomic E-state index is 9.79. The fourth-order valence-corrected chi connectivity index (χ4v) is 7.64. The Hall–Kier alpha value is -6.43. The molecule has 0 amide bonds. The summed E-state index contributed by atoms with van der Waals surface area (Å²) in [7, 11) is 0. The molecule has 0 atom stereocenters. The lowest BCUT2D eigenvalue weighted by Crippen LogP contribution is -2.17. The van der Waals surface area contributed by atoms with E-state index in [0.29, 0.717) is 0 Å². The third-order valence-electron chi connectivity index (χ3n) is 9.89. The SMILES string of the molecule is N#CC1=CC(N(c2ccc(-c3c4ccccc4c(-c4cccc5ccccc45)c4ccccc34)cc2)c2ccc3ccccc3c2)=CCC1. The summed E-state index contributed by atoms with van der Waals surface area (Å²) in [6, 6.07) is 59.4. The predicted molar refractivity (Wildman–Crippen MR) is 207 cm³/mol. The largest absolute Gasteiger partial charge is 0.311 e. The van der Waals surface area contributed by atoms with E-state index in [4.69, 9.17) is 0 Å². The van der Waals surface area contributed by atoms with Crippen LogP contribution in [0.3, 0.4) is 0 Å². The molecule has 0 radical (unpaired) electrons. The van der Waals surface area contributed by atoms with Crippen LogP contribution in [0, 0.1) is 11.3 Å². The van der Waals surface area contributed by atoms with Gasteiger partial charge in [-0.3, -0.25) is 0 Å². The van der Waals surface area contributed by atoms with Gasteiger partial charge >= 0.3 is 0 Å². The van der Waals surface area contributed by atoms with E-state index in [1.807, 2.05) is 6.08 Å². The molecule has 0 spiro atoms. The molecule has 8 aromatic carbocycles. The first-order valence-electron chi connectivity index (χ1n) is 16.9. The highest BCUT2D eigenvalue weighted by Gasteiger charge is 2.20. The Labute approximate surface area is 286 Å². The second-order valence-corrected chi connectivity index (χ2v) is 12.7. The summed E-state index contributed by atoms with van der Waals surface area (Å²) in [4.78, 5) is 2.28. The summed E-state index contributed by atoms with van der Waals surface area (Å²) in [5, 5.41) is 19.7. The number of benzene rings is 8.